The Morgan fingerprint density at radius 3 is 2.12 bits per heavy atom. The van der Waals surface area contributed by atoms with Crippen LogP contribution in [0, 0.1) is 23.2 Å². The lowest BCUT2D eigenvalue weighted by Crippen LogP contribution is -2.51. The van der Waals surface area contributed by atoms with Crippen molar-refractivity contribution >= 4 is 11.6 Å². The smallest absolute Gasteiger partial charge is 0.0223 e. The van der Waals surface area contributed by atoms with Crippen molar-refractivity contribution in [2.75, 3.05) is 5.88 Å². The molecule has 0 saturated heterocycles. The van der Waals surface area contributed by atoms with E-state index in [2.05, 4.69) is 27.7 Å². The highest BCUT2D eigenvalue weighted by Gasteiger charge is 2.52. The second-order valence-corrected chi connectivity index (χ2v) is 6.69. The van der Waals surface area contributed by atoms with Crippen LogP contribution < -0.4 is 0 Å². The first-order valence-electron chi connectivity index (χ1n) is 7.10. The number of rotatable bonds is 3. The molecule has 0 heterocycles. The van der Waals surface area contributed by atoms with E-state index in [-0.39, 0.29) is 0 Å². The Bertz CT molecular complexity index is 192. The second-order valence-electron chi connectivity index (χ2n) is 6.31. The zero-order chi connectivity index (χ0) is 12.2. The predicted molar refractivity (Wildman–Crippen MR) is 74.0 cm³/mol. The maximum atomic E-state index is 5.38. The standard InChI is InChI=1S/C10H18.C5H11Cl/c1-7-4-5-8-6-9(7)10(8,2)3;1-2-3-4-5-6/h7-9H,4-6H2,1-3H3;2-5H2,1H3. The molecule has 96 valence electrons. The molecule has 3 unspecified atom stereocenters. The van der Waals surface area contributed by atoms with Crippen molar-refractivity contribution in [3.05, 3.63) is 0 Å². The third kappa shape index (κ3) is 3.15. The van der Waals surface area contributed by atoms with E-state index in [1.807, 2.05) is 0 Å². The number of halogens is 1. The van der Waals surface area contributed by atoms with E-state index in [4.69, 9.17) is 11.6 Å². The van der Waals surface area contributed by atoms with E-state index >= 15 is 0 Å². The van der Waals surface area contributed by atoms with E-state index in [9.17, 15) is 0 Å². The normalized spacial score (nSPS) is 34.7. The highest BCUT2D eigenvalue weighted by molar-refractivity contribution is 6.17. The third-order valence-corrected chi connectivity index (χ3v) is 5.21. The SMILES string of the molecule is CC1CCC2CC1C2(C)C.CCCCCCl. The zero-order valence-corrected chi connectivity index (χ0v) is 12.3. The molecule has 3 atom stereocenters. The van der Waals surface area contributed by atoms with Crippen LogP contribution in [-0.4, -0.2) is 5.88 Å². The van der Waals surface area contributed by atoms with Crippen LogP contribution in [0.4, 0.5) is 0 Å². The monoisotopic (exact) mass is 244 g/mol. The van der Waals surface area contributed by atoms with Crippen LogP contribution in [-0.2, 0) is 0 Å². The van der Waals surface area contributed by atoms with Gasteiger partial charge in [0.15, 0.2) is 0 Å². The fourth-order valence-electron chi connectivity index (χ4n) is 3.52. The Hall–Kier alpha value is 0.290. The molecule has 0 nitrogen and oxygen atoms in total. The van der Waals surface area contributed by atoms with E-state index in [0.717, 1.165) is 23.6 Å². The van der Waals surface area contributed by atoms with Gasteiger partial charge in [-0.1, -0.05) is 47.0 Å². The predicted octanol–water partition coefficient (Wildman–Crippen LogP) is 5.49. The summed E-state index contributed by atoms with van der Waals surface area (Å²) in [5.41, 5.74) is 0.706. The minimum Gasteiger partial charge on any atom is -0.127 e. The molecular formula is C15H29Cl. The van der Waals surface area contributed by atoms with Crippen molar-refractivity contribution in [2.45, 2.75) is 66.2 Å². The maximum absolute atomic E-state index is 5.38. The molecule has 0 N–H and O–H groups in total. The van der Waals surface area contributed by atoms with E-state index < -0.39 is 0 Å². The molecule has 16 heavy (non-hydrogen) atoms. The molecule has 0 aromatic carbocycles. The molecule has 0 radical (unpaired) electrons. The van der Waals surface area contributed by atoms with Gasteiger partial charge in [-0.25, -0.2) is 0 Å². The van der Waals surface area contributed by atoms with Crippen molar-refractivity contribution < 1.29 is 0 Å². The van der Waals surface area contributed by atoms with E-state index in [1.165, 1.54) is 38.5 Å². The van der Waals surface area contributed by atoms with Gasteiger partial charge in [-0.05, 0) is 42.4 Å². The minimum absolute atomic E-state index is 0.706. The van der Waals surface area contributed by atoms with E-state index in [1.54, 1.807) is 0 Å². The van der Waals surface area contributed by atoms with Gasteiger partial charge in [0.1, 0.15) is 0 Å². The molecule has 3 aliphatic carbocycles. The van der Waals surface area contributed by atoms with Crippen LogP contribution in [0.15, 0.2) is 0 Å². The van der Waals surface area contributed by atoms with Gasteiger partial charge in [-0.3, -0.25) is 0 Å². The summed E-state index contributed by atoms with van der Waals surface area (Å²) in [6, 6.07) is 0. The van der Waals surface area contributed by atoms with Crippen molar-refractivity contribution in [2.24, 2.45) is 23.2 Å². The molecule has 0 amide bonds. The average molecular weight is 245 g/mol. The van der Waals surface area contributed by atoms with Gasteiger partial charge in [0.25, 0.3) is 0 Å². The van der Waals surface area contributed by atoms with Crippen LogP contribution in [0.5, 0.6) is 0 Å². The summed E-state index contributed by atoms with van der Waals surface area (Å²) in [5, 5.41) is 0. The summed E-state index contributed by atoms with van der Waals surface area (Å²) in [6.07, 6.45) is 8.27. The van der Waals surface area contributed by atoms with Crippen LogP contribution in [0.25, 0.3) is 0 Å². The van der Waals surface area contributed by atoms with Crippen LogP contribution in [0.3, 0.4) is 0 Å². The third-order valence-electron chi connectivity index (χ3n) is 4.94. The summed E-state index contributed by atoms with van der Waals surface area (Å²) >= 11 is 5.38. The van der Waals surface area contributed by atoms with Crippen LogP contribution in [0.2, 0.25) is 0 Å². The maximum Gasteiger partial charge on any atom is 0.0223 e. The molecule has 3 aliphatic rings. The van der Waals surface area contributed by atoms with Gasteiger partial charge < -0.3 is 0 Å². The fraction of sp³-hybridized carbons (Fsp3) is 1.00. The number of hydrogen-bond donors (Lipinski definition) is 0. The average Bonchev–Trinajstić information content (AvgIpc) is 2.26. The Labute approximate surface area is 107 Å². The van der Waals surface area contributed by atoms with Gasteiger partial charge in [-0.15, -0.1) is 11.6 Å². The molecular weight excluding hydrogens is 216 g/mol. The molecule has 0 aliphatic heterocycles. The lowest BCUT2D eigenvalue weighted by molar-refractivity contribution is -0.0988. The lowest BCUT2D eigenvalue weighted by atomic mass is 9.46. The molecule has 3 fully saturated rings. The lowest BCUT2D eigenvalue weighted by Gasteiger charge is -2.59. The molecule has 0 aromatic rings. The zero-order valence-electron chi connectivity index (χ0n) is 11.6. The first kappa shape index (κ1) is 14.4. The summed E-state index contributed by atoms with van der Waals surface area (Å²) in [4.78, 5) is 0. The Kier molecular flexibility index (Phi) is 5.64. The highest BCUT2D eigenvalue weighted by atomic mass is 35.5. The second kappa shape index (κ2) is 6.28. The summed E-state index contributed by atoms with van der Waals surface area (Å²) in [5.74, 6) is 3.98. The van der Waals surface area contributed by atoms with E-state index in [0.29, 0.717) is 5.41 Å². The largest absolute Gasteiger partial charge is 0.127 e. The van der Waals surface area contributed by atoms with Crippen molar-refractivity contribution in [1.82, 2.24) is 0 Å². The topological polar surface area (TPSA) is 0 Å². The Morgan fingerprint density at radius 1 is 1.19 bits per heavy atom. The van der Waals surface area contributed by atoms with Gasteiger partial charge in [0.2, 0.25) is 0 Å². The van der Waals surface area contributed by atoms with Crippen LogP contribution >= 0.6 is 11.6 Å². The Morgan fingerprint density at radius 2 is 1.88 bits per heavy atom. The van der Waals surface area contributed by atoms with Gasteiger partial charge >= 0.3 is 0 Å². The first-order chi connectivity index (χ1) is 7.54. The molecule has 2 bridgehead atoms. The number of unbranched alkanes of at least 4 members (excludes halogenated alkanes) is 2. The van der Waals surface area contributed by atoms with Crippen LogP contribution in [0.1, 0.15) is 66.2 Å². The van der Waals surface area contributed by atoms with Gasteiger partial charge in [0, 0.05) is 5.88 Å². The minimum atomic E-state index is 0.706. The summed E-state index contributed by atoms with van der Waals surface area (Å²) in [6.45, 7) is 9.53. The fourth-order valence-corrected chi connectivity index (χ4v) is 3.71. The molecule has 3 saturated carbocycles. The molecule has 0 aromatic heterocycles. The number of alkyl halides is 1. The van der Waals surface area contributed by atoms with Gasteiger partial charge in [0.05, 0.1) is 0 Å². The molecule has 0 spiro atoms. The number of hydrogen-bond acceptors (Lipinski definition) is 0. The quantitative estimate of drug-likeness (QED) is 0.455. The molecule has 1 heteroatoms. The van der Waals surface area contributed by atoms with Crippen molar-refractivity contribution in [1.29, 1.82) is 0 Å². The van der Waals surface area contributed by atoms with Crippen molar-refractivity contribution in [3.63, 3.8) is 0 Å². The first-order valence-corrected chi connectivity index (χ1v) is 7.63. The van der Waals surface area contributed by atoms with Crippen molar-refractivity contribution in [3.8, 4) is 0 Å². The highest BCUT2D eigenvalue weighted by Crippen LogP contribution is 2.61. The summed E-state index contributed by atoms with van der Waals surface area (Å²) < 4.78 is 0. The Balaban J connectivity index is 0.000000187. The van der Waals surface area contributed by atoms with Gasteiger partial charge in [-0.2, -0.15) is 0 Å². The molecule has 3 rings (SSSR count). The summed E-state index contributed by atoms with van der Waals surface area (Å²) in [7, 11) is 0. The number of fused-ring (bicyclic) bond motifs is 2.